The van der Waals surface area contributed by atoms with Gasteiger partial charge in [-0.15, -0.1) is 0 Å². The van der Waals surface area contributed by atoms with Crippen molar-refractivity contribution in [2.45, 2.75) is 56.9 Å². The molecular weight excluding hydrogens is 358 g/mol. The van der Waals surface area contributed by atoms with Crippen molar-refractivity contribution in [2.75, 3.05) is 18.4 Å². The predicted octanol–water partition coefficient (Wildman–Crippen LogP) is 4.52. The molecule has 0 bridgehead atoms. The van der Waals surface area contributed by atoms with Crippen molar-refractivity contribution in [2.24, 2.45) is 0 Å². The molecule has 2 aromatic rings. The number of aromatic nitrogens is 1. The molecule has 1 N–H and O–H groups in total. The van der Waals surface area contributed by atoms with Gasteiger partial charge in [0.05, 0.1) is 10.9 Å². The van der Waals surface area contributed by atoms with Gasteiger partial charge in [-0.2, -0.15) is 4.31 Å². The lowest BCUT2D eigenvalue weighted by Crippen LogP contribution is -2.38. The van der Waals surface area contributed by atoms with Crippen LogP contribution in [0.1, 0.15) is 56.2 Å². The molecule has 1 aliphatic rings. The predicted molar refractivity (Wildman–Crippen MR) is 109 cm³/mol. The van der Waals surface area contributed by atoms with E-state index in [1.807, 2.05) is 37.4 Å². The van der Waals surface area contributed by atoms with E-state index < -0.39 is 10.0 Å². The molecule has 0 amide bonds. The lowest BCUT2D eigenvalue weighted by molar-refractivity contribution is 0.255. The molecule has 146 valence electrons. The number of hydrogen-bond acceptors (Lipinski definition) is 4. The fourth-order valence-corrected chi connectivity index (χ4v) is 5.15. The molecule has 1 fully saturated rings. The smallest absolute Gasteiger partial charge is 0.243 e. The fourth-order valence-electron chi connectivity index (χ4n) is 3.47. The summed E-state index contributed by atoms with van der Waals surface area (Å²) in [7, 11) is -3.51. The van der Waals surface area contributed by atoms with Gasteiger partial charge in [0, 0.05) is 19.3 Å². The van der Waals surface area contributed by atoms with Gasteiger partial charge in [0.25, 0.3) is 0 Å². The van der Waals surface area contributed by atoms with Gasteiger partial charge in [-0.3, -0.25) is 0 Å². The van der Waals surface area contributed by atoms with Crippen LogP contribution in [-0.2, 0) is 10.0 Å². The Kier molecular flexibility index (Phi) is 6.50. The highest BCUT2D eigenvalue weighted by Crippen LogP contribution is 2.35. The number of pyridine rings is 1. The van der Waals surface area contributed by atoms with Crippen LogP contribution in [0.4, 0.5) is 5.82 Å². The molecule has 0 unspecified atom stereocenters. The average Bonchev–Trinajstić information content (AvgIpc) is 2.69. The lowest BCUT2D eigenvalue weighted by Gasteiger charge is -2.35. The van der Waals surface area contributed by atoms with Crippen LogP contribution in [0.15, 0.2) is 47.5 Å². The summed E-state index contributed by atoms with van der Waals surface area (Å²) < 4.78 is 28.1. The molecule has 0 radical (unpaired) electrons. The summed E-state index contributed by atoms with van der Waals surface area (Å²) in [5, 5.41) is 3.31. The Morgan fingerprint density at radius 2 is 1.93 bits per heavy atom. The summed E-state index contributed by atoms with van der Waals surface area (Å²) in [5.74, 6) is 0.843. The summed E-state index contributed by atoms with van der Waals surface area (Å²) in [6, 6.07) is 10.9. The third kappa shape index (κ3) is 4.68. The van der Waals surface area contributed by atoms with E-state index in [9.17, 15) is 8.42 Å². The van der Waals surface area contributed by atoms with E-state index in [0.717, 1.165) is 55.6 Å². The van der Waals surface area contributed by atoms with Crippen LogP contribution in [0, 0.1) is 6.92 Å². The van der Waals surface area contributed by atoms with Crippen molar-refractivity contribution < 1.29 is 8.42 Å². The van der Waals surface area contributed by atoms with Gasteiger partial charge >= 0.3 is 0 Å². The Morgan fingerprint density at radius 1 is 1.15 bits per heavy atom. The Hall–Kier alpha value is -1.92. The minimum absolute atomic E-state index is 0.151. The summed E-state index contributed by atoms with van der Waals surface area (Å²) >= 11 is 0. The molecular formula is C21H29N3O2S. The molecule has 1 aliphatic heterocycles. The molecule has 1 atom stereocenters. The number of anilines is 1. The van der Waals surface area contributed by atoms with Crippen LogP contribution in [0.3, 0.4) is 0 Å². The topological polar surface area (TPSA) is 62.3 Å². The van der Waals surface area contributed by atoms with E-state index in [0.29, 0.717) is 11.4 Å². The highest BCUT2D eigenvalue weighted by molar-refractivity contribution is 7.89. The first-order valence-electron chi connectivity index (χ1n) is 9.80. The van der Waals surface area contributed by atoms with Crippen LogP contribution in [0.2, 0.25) is 0 Å². The third-order valence-electron chi connectivity index (χ3n) is 5.09. The first-order chi connectivity index (χ1) is 13.0. The van der Waals surface area contributed by atoms with Gasteiger partial charge in [0.15, 0.2) is 0 Å². The maximum atomic E-state index is 13.2. The first kappa shape index (κ1) is 19.8. The maximum absolute atomic E-state index is 13.2. The van der Waals surface area contributed by atoms with Crippen LogP contribution < -0.4 is 5.32 Å². The molecule has 1 saturated heterocycles. The molecule has 2 heterocycles. The van der Waals surface area contributed by atoms with Crippen molar-refractivity contribution in [3.8, 4) is 0 Å². The highest BCUT2D eigenvalue weighted by atomic mass is 32.2. The third-order valence-corrected chi connectivity index (χ3v) is 7.01. The van der Waals surface area contributed by atoms with E-state index >= 15 is 0 Å². The Morgan fingerprint density at radius 3 is 2.59 bits per heavy atom. The van der Waals surface area contributed by atoms with Gasteiger partial charge in [0.1, 0.15) is 5.82 Å². The summed E-state index contributed by atoms with van der Waals surface area (Å²) in [6.45, 7) is 5.57. The lowest BCUT2D eigenvalue weighted by atomic mass is 9.99. The van der Waals surface area contributed by atoms with Gasteiger partial charge in [-0.25, -0.2) is 13.4 Å². The van der Waals surface area contributed by atoms with Crippen molar-refractivity contribution in [3.05, 3.63) is 53.7 Å². The maximum Gasteiger partial charge on any atom is 0.243 e. The monoisotopic (exact) mass is 387 g/mol. The number of aryl methyl sites for hydroxylation is 1. The summed E-state index contributed by atoms with van der Waals surface area (Å²) in [5.41, 5.74) is 2.02. The standard InChI is InChI=1S/C21H29N3O2S/c1-3-4-14-22-21-13-10-18(16-23-21)20-7-5-6-15-24(20)27(25,26)19-11-8-17(2)9-12-19/h8-13,16,20H,3-7,14-15H2,1-2H3,(H,22,23)/t20-/m0/s1. The zero-order valence-corrected chi connectivity index (χ0v) is 17.0. The van der Waals surface area contributed by atoms with E-state index in [1.165, 1.54) is 0 Å². The second kappa shape index (κ2) is 8.85. The summed E-state index contributed by atoms with van der Waals surface area (Å²) in [4.78, 5) is 4.86. The average molecular weight is 388 g/mol. The molecule has 0 saturated carbocycles. The van der Waals surface area contributed by atoms with Gasteiger partial charge < -0.3 is 5.32 Å². The molecule has 5 nitrogen and oxygen atoms in total. The molecule has 1 aromatic carbocycles. The molecule has 27 heavy (non-hydrogen) atoms. The van der Waals surface area contributed by atoms with Gasteiger partial charge in [-0.05, 0) is 49.9 Å². The van der Waals surface area contributed by atoms with Crippen molar-refractivity contribution in [3.63, 3.8) is 0 Å². The Bertz CT molecular complexity index is 833. The van der Waals surface area contributed by atoms with Crippen LogP contribution in [0.5, 0.6) is 0 Å². The van der Waals surface area contributed by atoms with Gasteiger partial charge in [0.2, 0.25) is 10.0 Å². The zero-order chi connectivity index (χ0) is 19.3. The van der Waals surface area contributed by atoms with Gasteiger partial charge in [-0.1, -0.05) is 43.5 Å². The normalized spacial score (nSPS) is 18.4. The van der Waals surface area contributed by atoms with E-state index in [1.54, 1.807) is 16.4 Å². The quantitative estimate of drug-likeness (QED) is 0.710. The van der Waals surface area contributed by atoms with Crippen LogP contribution >= 0.6 is 0 Å². The minimum Gasteiger partial charge on any atom is -0.370 e. The number of hydrogen-bond donors (Lipinski definition) is 1. The van der Waals surface area contributed by atoms with Crippen molar-refractivity contribution in [1.29, 1.82) is 0 Å². The number of rotatable bonds is 7. The largest absolute Gasteiger partial charge is 0.370 e. The van der Waals surface area contributed by atoms with Crippen molar-refractivity contribution >= 4 is 15.8 Å². The van der Waals surface area contributed by atoms with Crippen LogP contribution in [0.25, 0.3) is 0 Å². The Labute approximate surface area is 162 Å². The number of benzene rings is 1. The van der Waals surface area contributed by atoms with E-state index in [-0.39, 0.29) is 6.04 Å². The molecule has 0 aliphatic carbocycles. The minimum atomic E-state index is -3.51. The number of nitrogens with zero attached hydrogens (tertiary/aromatic N) is 2. The Balaban J connectivity index is 1.82. The SMILES string of the molecule is CCCCNc1ccc([C@@H]2CCCCN2S(=O)(=O)c2ccc(C)cc2)cn1. The molecule has 6 heteroatoms. The molecule has 3 rings (SSSR count). The number of unbranched alkanes of at least 4 members (excludes halogenated alkanes) is 1. The first-order valence-corrected chi connectivity index (χ1v) is 11.2. The second-order valence-electron chi connectivity index (χ2n) is 7.20. The van der Waals surface area contributed by atoms with Crippen molar-refractivity contribution in [1.82, 2.24) is 9.29 Å². The fraction of sp³-hybridized carbons (Fsp3) is 0.476. The van der Waals surface area contributed by atoms with Crippen LogP contribution in [-0.4, -0.2) is 30.8 Å². The second-order valence-corrected chi connectivity index (χ2v) is 9.09. The number of sulfonamides is 1. The van der Waals surface area contributed by atoms with E-state index in [4.69, 9.17) is 0 Å². The highest BCUT2D eigenvalue weighted by Gasteiger charge is 2.34. The zero-order valence-electron chi connectivity index (χ0n) is 16.2. The molecule has 0 spiro atoms. The number of nitrogens with one attached hydrogen (secondary N) is 1. The summed E-state index contributed by atoms with van der Waals surface area (Å²) in [6.07, 6.45) is 6.82. The molecule has 1 aromatic heterocycles. The van der Waals surface area contributed by atoms with E-state index in [2.05, 4.69) is 17.2 Å². The number of piperidine rings is 1.